The number of hydrogen-bond acceptors (Lipinski definition) is 3. The van der Waals surface area contributed by atoms with E-state index in [1.54, 1.807) is 30.3 Å². The molecular weight excluding hydrogens is 169 g/mol. The molecule has 0 amide bonds. The molecule has 14 heavy (non-hydrogen) atoms. The number of rotatable bonds is 3. The summed E-state index contributed by atoms with van der Waals surface area (Å²) in [6.45, 7) is 3.56. The van der Waals surface area contributed by atoms with E-state index in [1.165, 1.54) is 0 Å². The molecule has 0 heterocycles. The Bertz CT molecular complexity index is 264. The van der Waals surface area contributed by atoms with Gasteiger partial charge in [-0.25, -0.2) is 0 Å². The first-order chi connectivity index (χ1) is 5.72. The maximum atomic E-state index is 10.1. The van der Waals surface area contributed by atoms with Crippen LogP contribution in [0.1, 0.15) is 5.56 Å². The molecule has 0 aromatic heterocycles. The second-order valence-electron chi connectivity index (χ2n) is 2.18. The summed E-state index contributed by atoms with van der Waals surface area (Å²) in [6.07, 6.45) is 1.66. The summed E-state index contributed by atoms with van der Waals surface area (Å²) >= 11 is 0. The van der Waals surface area contributed by atoms with Crippen LogP contribution in [-0.4, -0.2) is 7.32 Å². The molecule has 0 aliphatic carbocycles. The molecule has 0 bridgehead atoms. The molecule has 1 aromatic rings. The molecule has 0 saturated carbocycles. The van der Waals surface area contributed by atoms with Crippen LogP contribution < -0.4 is 52.4 Å². The molecule has 0 aliphatic rings. The van der Waals surface area contributed by atoms with Crippen molar-refractivity contribution in [3.05, 3.63) is 36.4 Å². The summed E-state index contributed by atoms with van der Waals surface area (Å²) in [5.41, 5.74) is 0.913. The van der Waals surface area contributed by atoms with Crippen molar-refractivity contribution in [2.24, 2.45) is 0 Å². The monoisotopic (exact) mass is 176 g/mol. The molecule has 0 saturated heterocycles. The minimum atomic E-state index is -2.26. The Morgan fingerprint density at radius 2 is 1.64 bits per heavy atom. The van der Waals surface area contributed by atoms with Gasteiger partial charge in [-0.15, -0.1) is 0 Å². The van der Waals surface area contributed by atoms with Crippen molar-refractivity contribution < 1.29 is 52.4 Å². The maximum Gasteiger partial charge on any atom is 1.00 e. The van der Waals surface area contributed by atoms with E-state index in [4.69, 9.17) is 0 Å². The quantitative estimate of drug-likeness (QED) is 0.430. The van der Waals surface area contributed by atoms with Crippen molar-refractivity contribution in [3.8, 4) is 5.75 Å². The molecule has 0 N–H and O–H groups in total. The average Bonchev–Trinajstić information content (AvgIpc) is 2.05. The smallest absolute Gasteiger partial charge is 0.860 e. The first-order valence-corrected chi connectivity index (χ1v) is 3.43. The van der Waals surface area contributed by atoms with Gasteiger partial charge in [0.1, 0.15) is 7.32 Å². The Kier molecular flexibility index (Phi) is 9.67. The predicted molar refractivity (Wildman–Crippen MR) is 42.9 cm³/mol. The first kappa shape index (κ1) is 16.4. The molecule has 6 heteroatoms. The summed E-state index contributed by atoms with van der Waals surface area (Å²) in [6, 6.07) is 6.54. The number of hydrogen-bond donors (Lipinski definition) is 0. The minimum Gasteiger partial charge on any atom is -0.860 e. The van der Waals surface area contributed by atoms with E-state index in [9.17, 15) is 10.0 Å². The molecule has 62 valence electrons. The fraction of sp³-hybridized carbons (Fsp3) is 0. The van der Waals surface area contributed by atoms with Crippen molar-refractivity contribution in [2.45, 2.75) is 0 Å². The number of benzene rings is 1. The average molecular weight is 176 g/mol. The predicted octanol–water partition coefficient (Wildman–Crippen LogP) is -6.58. The van der Waals surface area contributed by atoms with Crippen molar-refractivity contribution >= 4 is 13.4 Å². The van der Waals surface area contributed by atoms with E-state index in [-0.39, 0.29) is 43.5 Å². The summed E-state index contributed by atoms with van der Waals surface area (Å²) in [7, 11) is -2.26. The van der Waals surface area contributed by atoms with E-state index >= 15 is 0 Å². The Balaban J connectivity index is 0. The van der Waals surface area contributed by atoms with Crippen LogP contribution in [0.25, 0.3) is 6.08 Å². The van der Waals surface area contributed by atoms with Crippen LogP contribution in [0.3, 0.4) is 0 Å². The minimum absolute atomic E-state index is 0. The van der Waals surface area contributed by atoms with Crippen LogP contribution in [0.5, 0.6) is 5.75 Å². The fourth-order valence-electron chi connectivity index (χ4n) is 0.794. The van der Waals surface area contributed by atoms with Crippen LogP contribution in [0.4, 0.5) is 0 Å². The summed E-state index contributed by atoms with van der Waals surface area (Å²) in [4.78, 5) is 0. The SMILES string of the molecule is C=Cc1ccc(OB([O-])[O-])cc1.[Li+].[Li+]. The standard InChI is InChI=1S/C8H7BO3.2Li/c1-2-7-3-5-8(6-4-7)12-9(10)11;;/h2-6H,1H2;;/q-2;2*+1. The summed E-state index contributed by atoms with van der Waals surface area (Å²) in [5.74, 6) is 0.288. The summed E-state index contributed by atoms with van der Waals surface area (Å²) in [5, 5.41) is 20.1. The zero-order valence-electron chi connectivity index (χ0n) is 8.40. The zero-order chi connectivity index (χ0) is 8.97. The molecule has 0 spiro atoms. The van der Waals surface area contributed by atoms with Gasteiger partial charge >= 0.3 is 37.7 Å². The molecule has 0 atom stereocenters. The van der Waals surface area contributed by atoms with Gasteiger partial charge in [-0.05, 0) is 17.7 Å². The van der Waals surface area contributed by atoms with Gasteiger partial charge < -0.3 is 14.7 Å². The second-order valence-corrected chi connectivity index (χ2v) is 2.18. The Morgan fingerprint density at radius 3 is 2.00 bits per heavy atom. The largest absolute Gasteiger partial charge is 1.00 e. The normalized spacial score (nSPS) is 7.86. The van der Waals surface area contributed by atoms with E-state index in [2.05, 4.69) is 11.2 Å². The molecule has 0 unspecified atom stereocenters. The van der Waals surface area contributed by atoms with Gasteiger partial charge in [0.05, 0.1) is 5.75 Å². The Hall–Kier alpha value is -0.0603. The molecule has 1 rings (SSSR count). The van der Waals surface area contributed by atoms with Crippen molar-refractivity contribution in [1.29, 1.82) is 0 Å². The van der Waals surface area contributed by atoms with Gasteiger partial charge in [-0.2, -0.15) is 0 Å². The van der Waals surface area contributed by atoms with Crippen LogP contribution >= 0.6 is 0 Å². The molecular formula is C8H7BLi2O3. The van der Waals surface area contributed by atoms with Crippen LogP contribution in [-0.2, 0) is 0 Å². The molecule has 1 aromatic carbocycles. The first-order valence-electron chi connectivity index (χ1n) is 3.43. The zero-order valence-corrected chi connectivity index (χ0v) is 8.40. The third-order valence-electron chi connectivity index (χ3n) is 1.35. The third kappa shape index (κ3) is 5.62. The molecule has 3 nitrogen and oxygen atoms in total. The van der Waals surface area contributed by atoms with E-state index in [0.29, 0.717) is 0 Å². The van der Waals surface area contributed by atoms with E-state index in [1.807, 2.05) is 0 Å². The van der Waals surface area contributed by atoms with Crippen molar-refractivity contribution in [2.75, 3.05) is 0 Å². The van der Waals surface area contributed by atoms with Gasteiger partial charge in [0.2, 0.25) is 0 Å². The van der Waals surface area contributed by atoms with Crippen molar-refractivity contribution in [3.63, 3.8) is 0 Å². The van der Waals surface area contributed by atoms with Crippen molar-refractivity contribution in [1.82, 2.24) is 0 Å². The maximum absolute atomic E-state index is 10.1. The van der Waals surface area contributed by atoms with Gasteiger partial charge in [-0.3, -0.25) is 0 Å². The topological polar surface area (TPSA) is 55.3 Å². The van der Waals surface area contributed by atoms with Gasteiger partial charge in [0, 0.05) is 0 Å². The second kappa shape index (κ2) is 8.26. The van der Waals surface area contributed by atoms with Gasteiger partial charge in [0.25, 0.3) is 0 Å². The van der Waals surface area contributed by atoms with E-state index < -0.39 is 7.32 Å². The fourth-order valence-corrected chi connectivity index (χ4v) is 0.794. The molecule has 0 aliphatic heterocycles. The Morgan fingerprint density at radius 1 is 1.14 bits per heavy atom. The van der Waals surface area contributed by atoms with Gasteiger partial charge in [-0.1, -0.05) is 24.8 Å². The summed E-state index contributed by atoms with van der Waals surface area (Å²) < 4.78 is 4.37. The van der Waals surface area contributed by atoms with Gasteiger partial charge in [0.15, 0.2) is 0 Å². The van der Waals surface area contributed by atoms with Crippen LogP contribution in [0.15, 0.2) is 30.8 Å². The van der Waals surface area contributed by atoms with E-state index in [0.717, 1.165) is 5.56 Å². The van der Waals surface area contributed by atoms with Crippen LogP contribution in [0.2, 0.25) is 0 Å². The molecule has 0 radical (unpaired) electrons. The third-order valence-corrected chi connectivity index (χ3v) is 1.35. The Labute approximate surface area is 108 Å². The van der Waals surface area contributed by atoms with Crippen LogP contribution in [0, 0.1) is 0 Å². The molecule has 0 fully saturated rings.